The maximum Gasteiger partial charge on any atom is 0.330 e. The standard InChI is InChI=1S/C25H20N4O3/c30-21(28-22(25(31)32)16-8-2-1-3-9-16)14-15-29-20-13-7-4-10-17(20)23-24(29)27-19-12-6-5-11-18(19)26-23/h1-13,22H,14-15H2,(H,28,30)(H,31,32)/t22-/m0/s1. The first kappa shape index (κ1) is 19.7. The normalized spacial score (nSPS) is 12.2. The Hall–Kier alpha value is -4.26. The highest BCUT2D eigenvalue weighted by Crippen LogP contribution is 2.28. The molecule has 0 unspecified atom stereocenters. The van der Waals surface area contributed by atoms with E-state index < -0.39 is 12.0 Å². The highest BCUT2D eigenvalue weighted by atomic mass is 16.4. The Labute approximate surface area is 183 Å². The molecule has 1 atom stereocenters. The van der Waals surface area contributed by atoms with E-state index in [0.717, 1.165) is 27.5 Å². The van der Waals surface area contributed by atoms with E-state index in [1.807, 2.05) is 53.1 Å². The minimum atomic E-state index is -1.10. The van der Waals surface area contributed by atoms with Gasteiger partial charge in [0.05, 0.1) is 16.6 Å². The molecule has 0 aliphatic rings. The number of aryl methyl sites for hydroxylation is 1. The Morgan fingerprint density at radius 2 is 1.53 bits per heavy atom. The Bertz CT molecular complexity index is 1460. The van der Waals surface area contributed by atoms with Gasteiger partial charge in [0, 0.05) is 18.4 Å². The van der Waals surface area contributed by atoms with Gasteiger partial charge in [-0.25, -0.2) is 14.8 Å². The summed E-state index contributed by atoms with van der Waals surface area (Å²) in [7, 11) is 0. The maximum absolute atomic E-state index is 12.7. The highest BCUT2D eigenvalue weighted by Gasteiger charge is 2.22. The first-order chi connectivity index (χ1) is 15.6. The van der Waals surface area contributed by atoms with E-state index in [1.165, 1.54) is 0 Å². The molecule has 2 N–H and O–H groups in total. The predicted molar refractivity (Wildman–Crippen MR) is 122 cm³/mol. The van der Waals surface area contributed by atoms with Gasteiger partial charge in [-0.2, -0.15) is 0 Å². The summed E-state index contributed by atoms with van der Waals surface area (Å²) in [5.41, 5.74) is 4.55. The fraction of sp³-hybridized carbons (Fsp3) is 0.120. The number of fused-ring (bicyclic) bond motifs is 4. The Morgan fingerprint density at radius 3 is 2.28 bits per heavy atom. The lowest BCUT2D eigenvalue weighted by molar-refractivity contribution is -0.142. The van der Waals surface area contributed by atoms with E-state index in [2.05, 4.69) is 5.32 Å². The van der Waals surface area contributed by atoms with Crippen LogP contribution in [0.25, 0.3) is 33.1 Å². The van der Waals surface area contributed by atoms with Crippen molar-refractivity contribution < 1.29 is 14.7 Å². The molecule has 0 fully saturated rings. The lowest BCUT2D eigenvalue weighted by Crippen LogP contribution is -2.34. The van der Waals surface area contributed by atoms with Gasteiger partial charge in [0.2, 0.25) is 5.91 Å². The van der Waals surface area contributed by atoms with Crippen LogP contribution in [0.15, 0.2) is 78.9 Å². The average molecular weight is 424 g/mol. The van der Waals surface area contributed by atoms with Crippen molar-refractivity contribution in [3.63, 3.8) is 0 Å². The number of nitrogens with one attached hydrogen (secondary N) is 1. The van der Waals surface area contributed by atoms with Crippen molar-refractivity contribution in [1.29, 1.82) is 0 Å². The van der Waals surface area contributed by atoms with Crippen molar-refractivity contribution in [2.75, 3.05) is 0 Å². The third kappa shape index (κ3) is 3.54. The summed E-state index contributed by atoms with van der Waals surface area (Å²) < 4.78 is 1.97. The quantitative estimate of drug-likeness (QED) is 0.428. The van der Waals surface area contributed by atoms with Gasteiger partial charge in [0.1, 0.15) is 5.52 Å². The molecule has 3 aromatic carbocycles. The highest BCUT2D eigenvalue weighted by molar-refractivity contribution is 6.06. The molecule has 7 heteroatoms. The molecule has 0 saturated carbocycles. The summed E-state index contributed by atoms with van der Waals surface area (Å²) in [6.45, 7) is 0.351. The van der Waals surface area contributed by atoms with Gasteiger partial charge in [-0.3, -0.25) is 4.79 Å². The molecule has 7 nitrogen and oxygen atoms in total. The van der Waals surface area contributed by atoms with Crippen LogP contribution in [0.5, 0.6) is 0 Å². The predicted octanol–water partition coefficient (Wildman–Crippen LogP) is 4.07. The fourth-order valence-corrected chi connectivity index (χ4v) is 3.99. The van der Waals surface area contributed by atoms with Crippen LogP contribution in [0, 0.1) is 0 Å². The number of aromatic nitrogens is 3. The van der Waals surface area contributed by atoms with Crippen LogP contribution < -0.4 is 5.32 Å². The van der Waals surface area contributed by atoms with Gasteiger partial charge >= 0.3 is 5.97 Å². The molecule has 0 aliphatic heterocycles. The van der Waals surface area contributed by atoms with Crippen molar-refractivity contribution in [3.05, 3.63) is 84.4 Å². The van der Waals surface area contributed by atoms with Crippen LogP contribution in [0.4, 0.5) is 0 Å². The second-order valence-electron chi connectivity index (χ2n) is 7.55. The van der Waals surface area contributed by atoms with Gasteiger partial charge in [0.15, 0.2) is 11.7 Å². The molecule has 0 aliphatic carbocycles. The monoisotopic (exact) mass is 424 g/mol. The number of rotatable bonds is 6. The largest absolute Gasteiger partial charge is 0.479 e. The third-order valence-electron chi connectivity index (χ3n) is 5.51. The van der Waals surface area contributed by atoms with E-state index >= 15 is 0 Å². The zero-order valence-electron chi connectivity index (χ0n) is 17.1. The van der Waals surface area contributed by atoms with Crippen molar-refractivity contribution in [2.45, 2.75) is 19.0 Å². The summed E-state index contributed by atoms with van der Waals surface area (Å²) >= 11 is 0. The Morgan fingerprint density at radius 1 is 0.875 bits per heavy atom. The van der Waals surface area contributed by atoms with Crippen molar-refractivity contribution in [3.8, 4) is 0 Å². The van der Waals surface area contributed by atoms with E-state index in [4.69, 9.17) is 9.97 Å². The topological polar surface area (TPSA) is 97.1 Å². The number of carbonyl (C=O) groups excluding carboxylic acids is 1. The third-order valence-corrected chi connectivity index (χ3v) is 5.51. The van der Waals surface area contributed by atoms with Crippen LogP contribution in [0.3, 0.4) is 0 Å². The molecule has 5 rings (SSSR count). The van der Waals surface area contributed by atoms with E-state index in [-0.39, 0.29) is 12.3 Å². The van der Waals surface area contributed by atoms with E-state index in [9.17, 15) is 14.7 Å². The molecule has 32 heavy (non-hydrogen) atoms. The number of nitrogens with zero attached hydrogens (tertiary/aromatic N) is 3. The zero-order chi connectivity index (χ0) is 22.1. The molecular weight excluding hydrogens is 404 g/mol. The maximum atomic E-state index is 12.7. The second-order valence-corrected chi connectivity index (χ2v) is 7.55. The molecule has 2 heterocycles. The lowest BCUT2D eigenvalue weighted by atomic mass is 10.1. The van der Waals surface area contributed by atoms with Gasteiger partial charge in [-0.1, -0.05) is 60.7 Å². The van der Waals surface area contributed by atoms with Crippen molar-refractivity contribution >= 4 is 45.0 Å². The molecule has 0 radical (unpaired) electrons. The van der Waals surface area contributed by atoms with Crippen LogP contribution in [-0.4, -0.2) is 31.5 Å². The molecule has 1 amide bonds. The summed E-state index contributed by atoms with van der Waals surface area (Å²) in [4.78, 5) is 34.0. The Balaban J connectivity index is 1.46. The number of benzene rings is 3. The molecule has 158 valence electrons. The van der Waals surface area contributed by atoms with Crippen LogP contribution in [0.1, 0.15) is 18.0 Å². The number of amides is 1. The van der Waals surface area contributed by atoms with Crippen molar-refractivity contribution in [1.82, 2.24) is 19.9 Å². The first-order valence-electron chi connectivity index (χ1n) is 10.3. The number of carboxylic acid groups (broad SMARTS) is 1. The molecule has 0 saturated heterocycles. The molecule has 0 bridgehead atoms. The van der Waals surface area contributed by atoms with Crippen molar-refractivity contribution in [2.24, 2.45) is 0 Å². The van der Waals surface area contributed by atoms with Crippen LogP contribution in [-0.2, 0) is 16.1 Å². The minimum absolute atomic E-state index is 0.110. The van der Waals surface area contributed by atoms with Crippen LogP contribution in [0.2, 0.25) is 0 Å². The average Bonchev–Trinajstić information content (AvgIpc) is 3.12. The molecule has 0 spiro atoms. The minimum Gasteiger partial charge on any atom is -0.479 e. The molecule has 2 aromatic heterocycles. The number of hydrogen-bond acceptors (Lipinski definition) is 4. The summed E-state index contributed by atoms with van der Waals surface area (Å²) in [5, 5.41) is 13.2. The number of carbonyl (C=O) groups is 2. The van der Waals surface area contributed by atoms with E-state index in [0.29, 0.717) is 17.8 Å². The number of hydrogen-bond donors (Lipinski definition) is 2. The summed E-state index contributed by atoms with van der Waals surface area (Å²) in [6.07, 6.45) is 0.110. The smallest absolute Gasteiger partial charge is 0.330 e. The number of para-hydroxylation sites is 3. The van der Waals surface area contributed by atoms with Crippen LogP contribution >= 0.6 is 0 Å². The summed E-state index contributed by atoms with van der Waals surface area (Å²) in [6, 6.07) is 23.1. The molecular formula is C25H20N4O3. The van der Waals surface area contributed by atoms with Gasteiger partial charge in [-0.15, -0.1) is 0 Å². The first-order valence-corrected chi connectivity index (χ1v) is 10.3. The lowest BCUT2D eigenvalue weighted by Gasteiger charge is -2.15. The number of aliphatic carboxylic acids is 1. The SMILES string of the molecule is O=C(CCn1c2ccccc2c2nc3ccccc3nc21)N[C@H](C(=O)O)c1ccccc1. The van der Waals surface area contributed by atoms with Gasteiger partial charge in [-0.05, 0) is 23.8 Å². The van der Waals surface area contributed by atoms with Gasteiger partial charge in [0.25, 0.3) is 0 Å². The summed E-state index contributed by atoms with van der Waals surface area (Å²) in [5.74, 6) is -1.44. The number of carboxylic acids is 1. The fourth-order valence-electron chi connectivity index (χ4n) is 3.99. The van der Waals surface area contributed by atoms with E-state index in [1.54, 1.807) is 30.3 Å². The zero-order valence-corrected chi connectivity index (χ0v) is 17.1. The second kappa shape index (κ2) is 8.11. The van der Waals surface area contributed by atoms with Gasteiger partial charge < -0.3 is 15.0 Å². The molecule has 5 aromatic rings. The Kier molecular flexibility index (Phi) is 4.99.